The predicted octanol–water partition coefficient (Wildman–Crippen LogP) is 5.28. The van der Waals surface area contributed by atoms with Gasteiger partial charge in [-0.3, -0.25) is 0 Å². The van der Waals surface area contributed by atoms with Gasteiger partial charge in [-0.2, -0.15) is 0 Å². The topological polar surface area (TPSA) is 102 Å². The minimum atomic E-state index is -0.759. The molecule has 1 N–H and O–H groups in total. The van der Waals surface area contributed by atoms with Crippen molar-refractivity contribution < 1.29 is 33.2 Å². The molecule has 40 heavy (non-hydrogen) atoms. The van der Waals surface area contributed by atoms with Crippen LogP contribution in [0.15, 0.2) is 42.6 Å². The number of aryl methyl sites for hydroxylation is 1. The summed E-state index contributed by atoms with van der Waals surface area (Å²) >= 11 is 0. The summed E-state index contributed by atoms with van der Waals surface area (Å²) in [6.45, 7) is 12.4. The van der Waals surface area contributed by atoms with Crippen molar-refractivity contribution in [2.45, 2.75) is 83.8 Å². The van der Waals surface area contributed by atoms with E-state index in [9.17, 15) is 0 Å². The standard InChI is InChI=1S/C29H35N3O7.ClH/c1-7-33-21-14-19-20(12-13-30-26(19)31-16(21)2)32-17-8-10-18(11-9-17)35-24-23(22-15-34-28(3,4)37-22)36-27-25(24)38-29(5,6)39-27;/h8-14,22-25,27H,7,15H2,1-6H3,(H,30,31,32);1H/t22-,23-,24+,25-,27?;/m1./s1. The average Bonchev–Trinajstić information content (AvgIpc) is 3.50. The van der Waals surface area contributed by atoms with Crippen LogP contribution in [0.5, 0.6) is 11.5 Å². The zero-order valence-electron chi connectivity index (χ0n) is 23.5. The third-order valence-corrected chi connectivity index (χ3v) is 7.00. The van der Waals surface area contributed by atoms with E-state index >= 15 is 0 Å². The maximum absolute atomic E-state index is 6.48. The van der Waals surface area contributed by atoms with Gasteiger partial charge in [0.05, 0.1) is 24.6 Å². The average molecular weight is 574 g/mol. The highest BCUT2D eigenvalue weighted by Gasteiger charge is 2.59. The summed E-state index contributed by atoms with van der Waals surface area (Å²) in [6.07, 6.45) is -0.336. The number of anilines is 2. The molecular formula is C29H36ClN3O7. The minimum Gasteiger partial charge on any atom is -0.492 e. The molecule has 0 bridgehead atoms. The summed E-state index contributed by atoms with van der Waals surface area (Å²) in [5.41, 5.74) is 3.24. The molecule has 10 nitrogen and oxygen atoms in total. The number of fused-ring (bicyclic) bond motifs is 2. The number of ether oxygens (including phenoxy) is 7. The fourth-order valence-electron chi connectivity index (χ4n) is 5.30. The van der Waals surface area contributed by atoms with Gasteiger partial charge in [0, 0.05) is 17.3 Å². The van der Waals surface area contributed by atoms with Crippen LogP contribution < -0.4 is 14.8 Å². The Morgan fingerprint density at radius 3 is 2.48 bits per heavy atom. The Labute approximate surface area is 240 Å². The number of hydrogen-bond acceptors (Lipinski definition) is 10. The van der Waals surface area contributed by atoms with Crippen molar-refractivity contribution in [2.75, 3.05) is 18.5 Å². The minimum absolute atomic E-state index is 0. The molecule has 3 fully saturated rings. The van der Waals surface area contributed by atoms with Crippen molar-refractivity contribution in [2.24, 2.45) is 0 Å². The number of nitrogens with one attached hydrogen (secondary N) is 1. The Kier molecular flexibility index (Phi) is 7.86. The van der Waals surface area contributed by atoms with Gasteiger partial charge in [-0.05, 0) is 77.9 Å². The van der Waals surface area contributed by atoms with E-state index in [0.717, 1.165) is 28.2 Å². The van der Waals surface area contributed by atoms with E-state index in [0.29, 0.717) is 24.6 Å². The lowest BCUT2D eigenvalue weighted by molar-refractivity contribution is -0.230. The molecule has 0 aliphatic carbocycles. The van der Waals surface area contributed by atoms with Gasteiger partial charge in [0.2, 0.25) is 0 Å². The van der Waals surface area contributed by atoms with Crippen LogP contribution in [0.1, 0.15) is 40.3 Å². The van der Waals surface area contributed by atoms with Crippen molar-refractivity contribution >= 4 is 34.8 Å². The first-order valence-corrected chi connectivity index (χ1v) is 13.4. The van der Waals surface area contributed by atoms with Crippen LogP contribution in [-0.4, -0.2) is 65.5 Å². The fraction of sp³-hybridized carbons (Fsp3) is 0.517. The third-order valence-electron chi connectivity index (χ3n) is 7.00. The van der Waals surface area contributed by atoms with Crippen LogP contribution in [0.4, 0.5) is 11.4 Å². The normalized spacial score (nSPS) is 28.2. The molecule has 1 aromatic carbocycles. The van der Waals surface area contributed by atoms with Crippen LogP contribution in [0.3, 0.4) is 0 Å². The lowest BCUT2D eigenvalue weighted by Gasteiger charge is -2.29. The fourth-order valence-corrected chi connectivity index (χ4v) is 5.30. The lowest BCUT2D eigenvalue weighted by atomic mass is 10.1. The maximum Gasteiger partial charge on any atom is 0.191 e. The first-order valence-electron chi connectivity index (χ1n) is 13.4. The van der Waals surface area contributed by atoms with Crippen LogP contribution >= 0.6 is 12.4 Å². The first-order chi connectivity index (χ1) is 18.6. The summed E-state index contributed by atoms with van der Waals surface area (Å²) in [5.74, 6) is -0.0102. The highest BCUT2D eigenvalue weighted by Crippen LogP contribution is 2.42. The smallest absolute Gasteiger partial charge is 0.191 e. The largest absolute Gasteiger partial charge is 0.492 e. The zero-order chi connectivity index (χ0) is 27.4. The molecule has 3 aliphatic heterocycles. The Bertz CT molecular complexity index is 1350. The van der Waals surface area contributed by atoms with Gasteiger partial charge in [0.15, 0.2) is 35.7 Å². The molecule has 0 radical (unpaired) electrons. The highest BCUT2D eigenvalue weighted by molar-refractivity contribution is 5.91. The van der Waals surface area contributed by atoms with E-state index in [1.54, 1.807) is 6.20 Å². The number of aromatic nitrogens is 2. The molecule has 0 amide bonds. The predicted molar refractivity (Wildman–Crippen MR) is 150 cm³/mol. The second-order valence-corrected chi connectivity index (χ2v) is 10.9. The van der Waals surface area contributed by atoms with Crippen molar-refractivity contribution in [1.82, 2.24) is 9.97 Å². The molecule has 2 aromatic heterocycles. The molecule has 5 atom stereocenters. The second kappa shape index (κ2) is 10.9. The van der Waals surface area contributed by atoms with Gasteiger partial charge in [0.25, 0.3) is 0 Å². The lowest BCUT2D eigenvalue weighted by Crippen LogP contribution is -2.45. The molecule has 3 saturated heterocycles. The van der Waals surface area contributed by atoms with Crippen LogP contribution in [0.25, 0.3) is 11.0 Å². The summed E-state index contributed by atoms with van der Waals surface area (Å²) < 4.78 is 42.5. The number of halogens is 1. The molecular weight excluding hydrogens is 538 g/mol. The van der Waals surface area contributed by atoms with E-state index in [1.165, 1.54) is 0 Å². The van der Waals surface area contributed by atoms with Gasteiger partial charge in [-0.1, -0.05) is 0 Å². The Morgan fingerprint density at radius 1 is 1.00 bits per heavy atom. The third kappa shape index (κ3) is 5.70. The number of benzene rings is 1. The number of nitrogens with zero attached hydrogens (tertiary/aromatic N) is 2. The van der Waals surface area contributed by atoms with Gasteiger partial charge in [0.1, 0.15) is 23.7 Å². The van der Waals surface area contributed by atoms with E-state index in [2.05, 4.69) is 15.3 Å². The molecule has 6 rings (SSSR count). The second-order valence-electron chi connectivity index (χ2n) is 10.9. The monoisotopic (exact) mass is 573 g/mol. The maximum atomic E-state index is 6.48. The number of pyridine rings is 2. The molecule has 5 heterocycles. The highest BCUT2D eigenvalue weighted by atomic mass is 35.5. The van der Waals surface area contributed by atoms with Crippen LogP contribution in [0, 0.1) is 6.92 Å². The van der Waals surface area contributed by atoms with Crippen molar-refractivity contribution in [1.29, 1.82) is 0 Å². The zero-order valence-corrected chi connectivity index (χ0v) is 24.3. The molecule has 3 aromatic rings. The van der Waals surface area contributed by atoms with Gasteiger partial charge in [-0.15, -0.1) is 12.4 Å². The van der Waals surface area contributed by atoms with Gasteiger partial charge < -0.3 is 38.5 Å². The summed E-state index contributed by atoms with van der Waals surface area (Å²) in [6, 6.07) is 11.7. The number of rotatable bonds is 7. The SMILES string of the molecule is CCOc1cc2c(Nc3ccc(O[C@H]4[C@@H]([C@H]5COC(C)(C)O5)OC5OC(C)(C)O[C@@H]54)cc3)ccnc2nc1C.Cl. The van der Waals surface area contributed by atoms with Gasteiger partial charge in [-0.25, -0.2) is 9.97 Å². The van der Waals surface area contributed by atoms with Crippen LogP contribution in [-0.2, 0) is 23.7 Å². The molecule has 1 unspecified atom stereocenters. The van der Waals surface area contributed by atoms with Crippen molar-refractivity contribution in [3.05, 3.63) is 48.3 Å². The molecule has 0 spiro atoms. The van der Waals surface area contributed by atoms with E-state index in [4.69, 9.17) is 33.2 Å². The molecule has 3 aliphatic rings. The Hall–Kier alpha value is -2.73. The molecule has 216 valence electrons. The van der Waals surface area contributed by atoms with E-state index < -0.39 is 36.2 Å². The van der Waals surface area contributed by atoms with Crippen molar-refractivity contribution in [3.8, 4) is 11.5 Å². The quantitative estimate of drug-likeness (QED) is 0.402. The molecule has 11 heteroatoms. The summed E-state index contributed by atoms with van der Waals surface area (Å²) in [5, 5.41) is 4.35. The Morgan fingerprint density at radius 2 is 1.77 bits per heavy atom. The van der Waals surface area contributed by atoms with Gasteiger partial charge >= 0.3 is 0 Å². The Balaban J connectivity index is 0.00000323. The first kappa shape index (κ1) is 28.8. The van der Waals surface area contributed by atoms with E-state index in [-0.39, 0.29) is 18.5 Å². The summed E-state index contributed by atoms with van der Waals surface area (Å²) in [4.78, 5) is 9.03. The van der Waals surface area contributed by atoms with Crippen LogP contribution in [0.2, 0.25) is 0 Å². The van der Waals surface area contributed by atoms with E-state index in [1.807, 2.05) is 77.9 Å². The number of hydrogen-bond donors (Lipinski definition) is 1. The van der Waals surface area contributed by atoms with Crippen molar-refractivity contribution in [3.63, 3.8) is 0 Å². The summed E-state index contributed by atoms with van der Waals surface area (Å²) in [7, 11) is 0. The molecule has 0 saturated carbocycles.